The van der Waals surface area contributed by atoms with Crippen molar-refractivity contribution in [2.75, 3.05) is 13.1 Å². The number of hydrogen-bond donors (Lipinski definition) is 1. The molecule has 0 unspecified atom stereocenters. The topological polar surface area (TPSA) is 83.6 Å². The number of likely N-dealkylation sites (tertiary alicyclic amines) is 1. The lowest BCUT2D eigenvalue weighted by Crippen LogP contribution is -2.39. The number of benzene rings is 1. The largest absolute Gasteiger partial charge is 0.481 e. The van der Waals surface area contributed by atoms with Crippen LogP contribution in [0.3, 0.4) is 0 Å². The molecule has 126 valence electrons. The number of carboxylic acid groups (broad SMARTS) is 1. The van der Waals surface area contributed by atoms with Crippen molar-refractivity contribution >= 4 is 11.9 Å². The maximum Gasteiger partial charge on any atom is 0.303 e. The Balaban J connectivity index is 1.57. The molecule has 0 atom stereocenters. The highest BCUT2D eigenvalue weighted by molar-refractivity contribution is 5.92. The van der Waals surface area contributed by atoms with Crippen LogP contribution in [0.4, 0.5) is 0 Å². The molecule has 0 radical (unpaired) electrons. The zero-order valence-electron chi connectivity index (χ0n) is 13.4. The van der Waals surface area contributed by atoms with E-state index in [9.17, 15) is 9.59 Å². The van der Waals surface area contributed by atoms with Gasteiger partial charge in [-0.2, -0.15) is 0 Å². The van der Waals surface area contributed by atoms with Gasteiger partial charge in [0.25, 0.3) is 5.91 Å². The minimum atomic E-state index is -0.776. The van der Waals surface area contributed by atoms with Crippen molar-refractivity contribution in [1.29, 1.82) is 0 Å². The van der Waals surface area contributed by atoms with Crippen molar-refractivity contribution in [3.05, 3.63) is 53.4 Å². The summed E-state index contributed by atoms with van der Waals surface area (Å²) in [6, 6.07) is 11.6. The predicted octanol–water partition coefficient (Wildman–Crippen LogP) is 2.59. The van der Waals surface area contributed by atoms with Crippen LogP contribution in [0.5, 0.6) is 0 Å². The van der Waals surface area contributed by atoms with Gasteiger partial charge in [-0.05, 0) is 24.3 Å². The van der Waals surface area contributed by atoms with Crippen molar-refractivity contribution in [2.45, 2.75) is 25.7 Å². The van der Waals surface area contributed by atoms with E-state index in [0.717, 1.165) is 5.56 Å². The summed E-state index contributed by atoms with van der Waals surface area (Å²) in [5.74, 6) is -0.114. The quantitative estimate of drug-likeness (QED) is 0.912. The first kappa shape index (κ1) is 16.2. The molecule has 0 aliphatic carbocycles. The number of aliphatic carboxylic acids is 1. The third-order valence-electron chi connectivity index (χ3n) is 4.36. The molecule has 1 aliphatic rings. The van der Waals surface area contributed by atoms with Crippen molar-refractivity contribution in [3.63, 3.8) is 0 Å². The zero-order valence-corrected chi connectivity index (χ0v) is 13.4. The second-order valence-corrected chi connectivity index (χ2v) is 6.17. The molecule has 0 saturated carbocycles. The summed E-state index contributed by atoms with van der Waals surface area (Å²) in [4.78, 5) is 25.0. The lowest BCUT2D eigenvalue weighted by molar-refractivity contribution is -0.138. The molecule has 1 aromatic carbocycles. The van der Waals surface area contributed by atoms with Crippen molar-refractivity contribution in [3.8, 4) is 0 Å². The van der Waals surface area contributed by atoms with Crippen LogP contribution in [0, 0.1) is 5.92 Å². The Labute approximate surface area is 140 Å². The molecular formula is C18H20N2O4. The molecule has 2 heterocycles. The summed E-state index contributed by atoms with van der Waals surface area (Å²) >= 11 is 0. The Kier molecular flexibility index (Phi) is 4.93. The fourth-order valence-electron chi connectivity index (χ4n) is 3.04. The Bertz CT molecular complexity index is 703. The molecule has 3 rings (SSSR count). The van der Waals surface area contributed by atoms with Gasteiger partial charge in [0.15, 0.2) is 5.69 Å². The van der Waals surface area contributed by atoms with Gasteiger partial charge in [0.2, 0.25) is 0 Å². The first-order valence-corrected chi connectivity index (χ1v) is 8.12. The number of amides is 1. The molecule has 6 nitrogen and oxygen atoms in total. The smallest absolute Gasteiger partial charge is 0.303 e. The second-order valence-electron chi connectivity index (χ2n) is 6.17. The van der Waals surface area contributed by atoms with E-state index in [1.54, 1.807) is 11.0 Å². The first-order valence-electron chi connectivity index (χ1n) is 8.12. The van der Waals surface area contributed by atoms with E-state index in [1.165, 1.54) is 0 Å². The van der Waals surface area contributed by atoms with Gasteiger partial charge in [-0.25, -0.2) is 0 Å². The summed E-state index contributed by atoms with van der Waals surface area (Å²) in [6.45, 7) is 1.13. The lowest BCUT2D eigenvalue weighted by Gasteiger charge is -2.30. The van der Waals surface area contributed by atoms with E-state index in [0.29, 0.717) is 43.8 Å². The molecule has 24 heavy (non-hydrogen) atoms. The normalized spacial score (nSPS) is 15.4. The number of nitrogens with zero attached hydrogens (tertiary/aromatic N) is 2. The molecule has 2 aromatic rings. The summed E-state index contributed by atoms with van der Waals surface area (Å²) in [6.07, 6.45) is 2.20. The van der Waals surface area contributed by atoms with Gasteiger partial charge in [-0.15, -0.1) is 0 Å². The number of carboxylic acids is 1. The van der Waals surface area contributed by atoms with E-state index in [2.05, 4.69) is 5.16 Å². The van der Waals surface area contributed by atoms with E-state index >= 15 is 0 Å². The Morgan fingerprint density at radius 1 is 1.21 bits per heavy atom. The Morgan fingerprint density at radius 3 is 2.58 bits per heavy atom. The highest BCUT2D eigenvalue weighted by Crippen LogP contribution is 2.22. The third kappa shape index (κ3) is 4.01. The predicted molar refractivity (Wildman–Crippen MR) is 86.6 cm³/mol. The van der Waals surface area contributed by atoms with Crippen LogP contribution < -0.4 is 0 Å². The maximum absolute atomic E-state index is 12.5. The van der Waals surface area contributed by atoms with E-state index in [-0.39, 0.29) is 18.2 Å². The van der Waals surface area contributed by atoms with Crippen LogP contribution in [0.25, 0.3) is 0 Å². The fraction of sp³-hybridized carbons (Fsp3) is 0.389. The van der Waals surface area contributed by atoms with Gasteiger partial charge in [0.1, 0.15) is 5.76 Å². The summed E-state index contributed by atoms with van der Waals surface area (Å²) < 4.78 is 5.28. The van der Waals surface area contributed by atoms with E-state index < -0.39 is 5.97 Å². The zero-order chi connectivity index (χ0) is 16.9. The average Bonchev–Trinajstić information content (AvgIpc) is 3.04. The third-order valence-corrected chi connectivity index (χ3v) is 4.36. The monoisotopic (exact) mass is 328 g/mol. The minimum Gasteiger partial charge on any atom is -0.481 e. The molecular weight excluding hydrogens is 308 g/mol. The standard InChI is InChI=1S/C18H20N2O4/c21-17(22)11-14-6-8-20(9-7-14)18(23)16-12-15(24-19-16)10-13-4-2-1-3-5-13/h1-5,12,14H,6-11H2,(H,21,22). The number of aromatic nitrogens is 1. The van der Waals surface area contributed by atoms with Crippen molar-refractivity contribution in [2.24, 2.45) is 5.92 Å². The van der Waals surface area contributed by atoms with Crippen LogP contribution in [0.15, 0.2) is 40.9 Å². The molecule has 1 N–H and O–H groups in total. The molecule has 1 aliphatic heterocycles. The lowest BCUT2D eigenvalue weighted by atomic mass is 9.93. The first-order chi connectivity index (χ1) is 11.6. The Hall–Kier alpha value is -2.63. The van der Waals surface area contributed by atoms with E-state index in [1.807, 2.05) is 30.3 Å². The second kappa shape index (κ2) is 7.29. The molecule has 1 saturated heterocycles. The molecule has 1 amide bonds. The summed E-state index contributed by atoms with van der Waals surface area (Å²) in [5.41, 5.74) is 1.42. The van der Waals surface area contributed by atoms with Gasteiger partial charge >= 0.3 is 5.97 Å². The van der Waals surface area contributed by atoms with E-state index in [4.69, 9.17) is 9.63 Å². The maximum atomic E-state index is 12.5. The number of hydrogen-bond acceptors (Lipinski definition) is 4. The van der Waals surface area contributed by atoms with Crippen LogP contribution in [0.2, 0.25) is 0 Å². The van der Waals surface area contributed by atoms with Crippen molar-refractivity contribution in [1.82, 2.24) is 10.1 Å². The number of carbonyl (C=O) groups is 2. The Morgan fingerprint density at radius 2 is 1.92 bits per heavy atom. The SMILES string of the molecule is O=C(O)CC1CCN(C(=O)c2cc(Cc3ccccc3)on2)CC1. The fourth-order valence-corrected chi connectivity index (χ4v) is 3.04. The number of rotatable bonds is 5. The molecule has 1 aromatic heterocycles. The van der Waals surface area contributed by atoms with Crippen molar-refractivity contribution < 1.29 is 19.2 Å². The van der Waals surface area contributed by atoms with Gasteiger partial charge in [-0.1, -0.05) is 35.5 Å². The van der Waals surface area contributed by atoms with Crippen LogP contribution >= 0.6 is 0 Å². The summed E-state index contributed by atoms with van der Waals surface area (Å²) in [7, 11) is 0. The summed E-state index contributed by atoms with van der Waals surface area (Å²) in [5, 5.41) is 12.7. The van der Waals surface area contributed by atoms with Gasteiger partial charge in [0.05, 0.1) is 0 Å². The highest BCUT2D eigenvalue weighted by Gasteiger charge is 2.26. The molecule has 6 heteroatoms. The number of carbonyl (C=O) groups excluding carboxylic acids is 1. The van der Waals surface area contributed by atoms with Crippen LogP contribution in [-0.4, -0.2) is 40.1 Å². The van der Waals surface area contributed by atoms with Gasteiger partial charge in [0, 0.05) is 32.0 Å². The molecule has 0 bridgehead atoms. The molecule has 0 spiro atoms. The highest BCUT2D eigenvalue weighted by atomic mass is 16.5. The average molecular weight is 328 g/mol. The van der Waals surface area contributed by atoms with Crippen LogP contribution in [0.1, 0.15) is 41.1 Å². The molecule has 1 fully saturated rings. The number of piperidine rings is 1. The van der Waals surface area contributed by atoms with Gasteiger partial charge < -0.3 is 14.5 Å². The van der Waals surface area contributed by atoms with Gasteiger partial charge in [-0.3, -0.25) is 9.59 Å². The minimum absolute atomic E-state index is 0.146. The van der Waals surface area contributed by atoms with Crippen LogP contribution in [-0.2, 0) is 11.2 Å².